The van der Waals surface area contributed by atoms with Crippen LogP contribution in [0.1, 0.15) is 5.56 Å². The topological polar surface area (TPSA) is 4.44 Å². The average Bonchev–Trinajstić information content (AvgIpc) is 2.05. The zero-order valence-electron chi connectivity index (χ0n) is 7.14. The smallest absolute Gasteiger partial charge is 0.0984 e. The van der Waals surface area contributed by atoms with Gasteiger partial charge in [0.05, 0.1) is 19.6 Å². The molecule has 1 aromatic rings. The number of nitrogens with one attached hydrogen (secondary N) is 1. The van der Waals surface area contributed by atoms with Crippen molar-refractivity contribution in [3.05, 3.63) is 41.4 Å². The summed E-state index contributed by atoms with van der Waals surface area (Å²) in [6.45, 7) is 0. The quantitative estimate of drug-likeness (QED) is 0.417. The fourth-order valence-electron chi connectivity index (χ4n) is 0.873. The fourth-order valence-corrected chi connectivity index (χ4v) is 0.999. The van der Waals surface area contributed by atoms with E-state index in [0.717, 1.165) is 16.0 Å². The molecule has 0 aromatic heterocycles. The largest absolute Gasteiger partial charge is 1.00 e. The summed E-state index contributed by atoms with van der Waals surface area (Å²) in [5.74, 6) is 0. The van der Waals surface area contributed by atoms with Crippen LogP contribution in [0.2, 0.25) is 0 Å². The van der Waals surface area contributed by atoms with Crippen molar-refractivity contribution in [2.75, 3.05) is 14.1 Å². The summed E-state index contributed by atoms with van der Waals surface area (Å²) in [5.41, 5.74) is 1.94. The molecular formula is C9H12Cl2N-. The highest BCUT2D eigenvalue weighted by atomic mass is 35.5. The van der Waals surface area contributed by atoms with E-state index in [1.165, 1.54) is 0 Å². The van der Waals surface area contributed by atoms with Crippen molar-refractivity contribution in [2.45, 2.75) is 0 Å². The molecule has 0 aliphatic rings. The monoisotopic (exact) mass is 204 g/mol. The SMILES string of the molecule is C[NH+](C)[C-](Cl)c1ccccc1.[Cl-]. The van der Waals surface area contributed by atoms with Gasteiger partial charge in [-0.2, -0.15) is 12.1 Å². The minimum absolute atomic E-state index is 0. The van der Waals surface area contributed by atoms with E-state index in [1.54, 1.807) is 0 Å². The Morgan fingerprint density at radius 2 is 1.67 bits per heavy atom. The van der Waals surface area contributed by atoms with E-state index in [0.29, 0.717) is 0 Å². The van der Waals surface area contributed by atoms with Gasteiger partial charge in [-0.05, 0) is 0 Å². The molecule has 3 heteroatoms. The van der Waals surface area contributed by atoms with E-state index in [2.05, 4.69) is 0 Å². The molecule has 0 bridgehead atoms. The molecule has 0 radical (unpaired) electrons. The number of rotatable bonds is 2. The summed E-state index contributed by atoms with van der Waals surface area (Å²) in [5, 5.41) is 0. The lowest BCUT2D eigenvalue weighted by Crippen LogP contribution is -3.05. The van der Waals surface area contributed by atoms with Gasteiger partial charge in [-0.15, -0.1) is 29.3 Å². The molecule has 0 atom stereocenters. The zero-order valence-corrected chi connectivity index (χ0v) is 8.65. The van der Waals surface area contributed by atoms with Gasteiger partial charge in [-0.3, -0.25) is 0 Å². The van der Waals surface area contributed by atoms with Crippen LogP contribution in [0, 0.1) is 5.50 Å². The van der Waals surface area contributed by atoms with Crippen molar-refractivity contribution >= 4 is 11.6 Å². The van der Waals surface area contributed by atoms with Crippen LogP contribution < -0.4 is 17.3 Å². The fraction of sp³-hybridized carbons (Fsp3) is 0.222. The third-order valence-corrected chi connectivity index (χ3v) is 2.06. The number of quaternary nitrogens is 1. The second-order valence-electron chi connectivity index (χ2n) is 2.68. The molecule has 1 aromatic carbocycles. The molecule has 1 nitrogen and oxygen atoms in total. The lowest BCUT2D eigenvalue weighted by molar-refractivity contribution is -0.830. The van der Waals surface area contributed by atoms with Gasteiger partial charge in [-0.1, -0.05) is 6.07 Å². The van der Waals surface area contributed by atoms with Crippen LogP contribution in [0.25, 0.3) is 0 Å². The molecule has 0 saturated heterocycles. The molecule has 0 aliphatic carbocycles. The van der Waals surface area contributed by atoms with Crippen molar-refractivity contribution in [1.29, 1.82) is 0 Å². The Bertz CT molecular complexity index is 211. The first-order valence-electron chi connectivity index (χ1n) is 3.60. The first kappa shape index (κ1) is 11.6. The summed E-state index contributed by atoms with van der Waals surface area (Å²) >= 11 is 6.02. The van der Waals surface area contributed by atoms with Gasteiger partial charge in [-0.25, -0.2) is 0 Å². The van der Waals surface area contributed by atoms with Crippen LogP contribution in [-0.2, 0) is 0 Å². The number of halogens is 2. The van der Waals surface area contributed by atoms with E-state index in [-0.39, 0.29) is 12.4 Å². The highest BCUT2D eigenvalue weighted by Crippen LogP contribution is 2.10. The maximum Gasteiger partial charge on any atom is 0.0984 e. The predicted octanol–water partition coefficient (Wildman–Crippen LogP) is -2.09. The molecule has 1 rings (SSSR count). The Kier molecular flexibility index (Phi) is 5.14. The maximum absolute atomic E-state index is 6.02. The van der Waals surface area contributed by atoms with Crippen LogP contribution in [-0.4, -0.2) is 14.1 Å². The molecular weight excluding hydrogens is 193 g/mol. The van der Waals surface area contributed by atoms with Crippen molar-refractivity contribution in [2.24, 2.45) is 0 Å². The predicted molar refractivity (Wildman–Crippen MR) is 47.5 cm³/mol. The second kappa shape index (κ2) is 5.31. The molecule has 68 valence electrons. The van der Waals surface area contributed by atoms with Crippen LogP contribution in [0.3, 0.4) is 0 Å². The van der Waals surface area contributed by atoms with E-state index < -0.39 is 0 Å². The molecule has 0 aliphatic heterocycles. The number of hydrogen-bond donors (Lipinski definition) is 1. The van der Waals surface area contributed by atoms with Crippen molar-refractivity contribution in [1.82, 2.24) is 0 Å². The lowest BCUT2D eigenvalue weighted by Gasteiger charge is -2.20. The Balaban J connectivity index is 0.00000121. The van der Waals surface area contributed by atoms with Crippen LogP contribution in [0.5, 0.6) is 0 Å². The van der Waals surface area contributed by atoms with E-state index in [9.17, 15) is 0 Å². The molecule has 1 N–H and O–H groups in total. The highest BCUT2D eigenvalue weighted by molar-refractivity contribution is 6.27. The Morgan fingerprint density at radius 1 is 1.17 bits per heavy atom. The van der Waals surface area contributed by atoms with Gasteiger partial charge in [0.2, 0.25) is 0 Å². The van der Waals surface area contributed by atoms with E-state index >= 15 is 0 Å². The zero-order chi connectivity index (χ0) is 8.27. The van der Waals surface area contributed by atoms with Gasteiger partial charge < -0.3 is 17.3 Å². The Morgan fingerprint density at radius 3 is 2.08 bits per heavy atom. The molecule has 12 heavy (non-hydrogen) atoms. The summed E-state index contributed by atoms with van der Waals surface area (Å²) < 4.78 is 0. The Labute approximate surface area is 84.7 Å². The average molecular weight is 205 g/mol. The minimum atomic E-state index is 0. The van der Waals surface area contributed by atoms with Gasteiger partial charge in [0.25, 0.3) is 0 Å². The van der Waals surface area contributed by atoms with Crippen LogP contribution >= 0.6 is 11.6 Å². The van der Waals surface area contributed by atoms with Crippen molar-refractivity contribution in [3.63, 3.8) is 0 Å². The van der Waals surface area contributed by atoms with Gasteiger partial charge >= 0.3 is 0 Å². The Hall–Kier alpha value is -0.370. The third-order valence-electron chi connectivity index (χ3n) is 1.47. The molecule has 0 unspecified atom stereocenters. The number of hydrogen-bond acceptors (Lipinski definition) is 0. The third kappa shape index (κ3) is 2.94. The first-order chi connectivity index (χ1) is 5.22. The highest BCUT2D eigenvalue weighted by Gasteiger charge is 2.03. The summed E-state index contributed by atoms with van der Waals surface area (Å²) in [7, 11) is 4.02. The molecule has 0 amide bonds. The number of benzene rings is 1. The maximum atomic E-state index is 6.02. The standard InChI is InChI=1S/C9H12ClN.ClH/c1-11(2)9(10)8-6-4-3-5-7-8;/h3-7,11H,1-2H3;1H/p-1. The normalized spacial score (nSPS) is 9.33. The molecule has 0 spiro atoms. The minimum Gasteiger partial charge on any atom is -1.00 e. The lowest BCUT2D eigenvalue weighted by atomic mass is 10.2. The van der Waals surface area contributed by atoms with Crippen LogP contribution in [0.4, 0.5) is 0 Å². The molecule has 0 saturated carbocycles. The van der Waals surface area contributed by atoms with Gasteiger partial charge in [0.1, 0.15) is 0 Å². The molecule has 0 fully saturated rings. The summed E-state index contributed by atoms with van der Waals surface area (Å²) in [4.78, 5) is 1.15. The van der Waals surface area contributed by atoms with E-state index in [4.69, 9.17) is 11.6 Å². The second-order valence-corrected chi connectivity index (χ2v) is 3.06. The van der Waals surface area contributed by atoms with Gasteiger partial charge in [0, 0.05) is 0 Å². The summed E-state index contributed by atoms with van der Waals surface area (Å²) in [6.07, 6.45) is 0. The van der Waals surface area contributed by atoms with Crippen molar-refractivity contribution in [3.8, 4) is 0 Å². The molecule has 0 heterocycles. The van der Waals surface area contributed by atoms with Crippen molar-refractivity contribution < 1.29 is 17.3 Å². The van der Waals surface area contributed by atoms with Gasteiger partial charge in [0.15, 0.2) is 0 Å². The first-order valence-corrected chi connectivity index (χ1v) is 3.98. The van der Waals surface area contributed by atoms with E-state index in [1.807, 2.05) is 44.4 Å². The summed E-state index contributed by atoms with van der Waals surface area (Å²) in [6, 6.07) is 9.98. The van der Waals surface area contributed by atoms with Crippen LogP contribution in [0.15, 0.2) is 30.3 Å².